The maximum Gasteiger partial charge on any atom is 0.0356 e. The topological polar surface area (TPSA) is 15.3 Å². The van der Waals surface area contributed by atoms with Crippen LogP contribution in [0.25, 0.3) is 0 Å². The highest BCUT2D eigenvalue weighted by atomic mass is 15.2. The standard InChI is InChI=1S/C17H36N2/c1-6-18-16(12-11-15(2)3)17(19(4)5)13-9-7-8-10-14-17/h15-16,18H,6-14H2,1-5H3. The highest BCUT2D eigenvalue weighted by Gasteiger charge is 2.40. The van der Waals surface area contributed by atoms with Crippen LogP contribution in [0.1, 0.15) is 72.1 Å². The van der Waals surface area contributed by atoms with Crippen molar-refractivity contribution < 1.29 is 0 Å². The zero-order chi connectivity index (χ0) is 14.3. The molecule has 114 valence electrons. The number of likely N-dealkylation sites (N-methyl/N-ethyl adjacent to an activating group) is 2. The summed E-state index contributed by atoms with van der Waals surface area (Å²) in [5.74, 6) is 0.811. The van der Waals surface area contributed by atoms with Crippen LogP contribution in [-0.2, 0) is 0 Å². The Kier molecular flexibility index (Phi) is 7.38. The summed E-state index contributed by atoms with van der Waals surface area (Å²) in [5, 5.41) is 3.82. The summed E-state index contributed by atoms with van der Waals surface area (Å²) < 4.78 is 0. The predicted octanol–water partition coefficient (Wildman–Crippen LogP) is 4.06. The third-order valence-electron chi connectivity index (χ3n) is 4.99. The molecule has 0 aromatic heterocycles. The van der Waals surface area contributed by atoms with E-state index in [1.54, 1.807) is 0 Å². The lowest BCUT2D eigenvalue weighted by Crippen LogP contribution is -2.59. The van der Waals surface area contributed by atoms with Gasteiger partial charge in [-0.05, 0) is 52.2 Å². The minimum Gasteiger partial charge on any atom is -0.312 e. The minimum absolute atomic E-state index is 0.390. The molecule has 1 unspecified atom stereocenters. The van der Waals surface area contributed by atoms with Crippen molar-refractivity contribution in [2.45, 2.75) is 83.7 Å². The Bertz CT molecular complexity index is 227. The Hall–Kier alpha value is -0.0800. The van der Waals surface area contributed by atoms with Crippen molar-refractivity contribution in [3.63, 3.8) is 0 Å². The second kappa shape index (κ2) is 8.26. The fourth-order valence-corrected chi connectivity index (χ4v) is 3.76. The molecule has 2 nitrogen and oxygen atoms in total. The molecule has 2 heteroatoms. The third kappa shape index (κ3) is 4.75. The molecule has 0 heterocycles. The van der Waals surface area contributed by atoms with E-state index in [1.807, 2.05) is 0 Å². The van der Waals surface area contributed by atoms with Crippen molar-refractivity contribution in [1.29, 1.82) is 0 Å². The van der Waals surface area contributed by atoms with Crippen molar-refractivity contribution >= 4 is 0 Å². The number of hydrogen-bond acceptors (Lipinski definition) is 2. The summed E-state index contributed by atoms with van der Waals surface area (Å²) in [4.78, 5) is 2.53. The van der Waals surface area contributed by atoms with Gasteiger partial charge in [0.2, 0.25) is 0 Å². The van der Waals surface area contributed by atoms with E-state index in [1.165, 1.54) is 51.4 Å². The number of hydrogen-bond donors (Lipinski definition) is 1. The molecule has 0 aliphatic heterocycles. The average molecular weight is 268 g/mol. The van der Waals surface area contributed by atoms with Gasteiger partial charge in [-0.1, -0.05) is 46.5 Å². The first-order valence-corrected chi connectivity index (χ1v) is 8.43. The molecule has 1 atom stereocenters. The third-order valence-corrected chi connectivity index (χ3v) is 4.99. The van der Waals surface area contributed by atoms with Crippen molar-refractivity contribution in [2.24, 2.45) is 5.92 Å². The first-order chi connectivity index (χ1) is 9.03. The van der Waals surface area contributed by atoms with E-state index in [0.717, 1.165) is 12.5 Å². The van der Waals surface area contributed by atoms with Crippen LogP contribution in [0.5, 0.6) is 0 Å². The van der Waals surface area contributed by atoms with Crippen molar-refractivity contribution in [3.8, 4) is 0 Å². The first-order valence-electron chi connectivity index (χ1n) is 8.43. The van der Waals surface area contributed by atoms with E-state index in [0.29, 0.717) is 11.6 Å². The lowest BCUT2D eigenvalue weighted by molar-refractivity contribution is 0.0744. The molecule has 0 saturated heterocycles. The van der Waals surface area contributed by atoms with E-state index in [2.05, 4.69) is 45.1 Å². The van der Waals surface area contributed by atoms with Gasteiger partial charge in [0.15, 0.2) is 0 Å². The van der Waals surface area contributed by atoms with Gasteiger partial charge in [0, 0.05) is 11.6 Å². The molecule has 1 aliphatic rings. The molecule has 0 radical (unpaired) electrons. The second-order valence-electron chi connectivity index (χ2n) is 6.99. The highest BCUT2D eigenvalue weighted by molar-refractivity contribution is 4.99. The molecule has 0 aromatic rings. The van der Waals surface area contributed by atoms with Crippen LogP contribution < -0.4 is 5.32 Å². The molecule has 0 spiro atoms. The largest absolute Gasteiger partial charge is 0.312 e. The SMILES string of the molecule is CCNC(CCC(C)C)C1(N(C)C)CCCCCC1. The lowest BCUT2D eigenvalue weighted by Gasteiger charge is -2.46. The lowest BCUT2D eigenvalue weighted by atomic mass is 9.78. The Labute approximate surface area is 121 Å². The molecular formula is C17H36N2. The summed E-state index contributed by atoms with van der Waals surface area (Å²) in [5.41, 5.74) is 0.390. The molecule has 19 heavy (non-hydrogen) atoms. The Morgan fingerprint density at radius 1 is 1.00 bits per heavy atom. The van der Waals surface area contributed by atoms with Gasteiger partial charge in [-0.3, -0.25) is 0 Å². The summed E-state index contributed by atoms with van der Waals surface area (Å²) in [6.45, 7) is 8.04. The van der Waals surface area contributed by atoms with Crippen LogP contribution in [0.2, 0.25) is 0 Å². The van der Waals surface area contributed by atoms with Crippen LogP contribution in [-0.4, -0.2) is 37.1 Å². The average Bonchev–Trinajstić information content (AvgIpc) is 2.60. The fourth-order valence-electron chi connectivity index (χ4n) is 3.76. The zero-order valence-corrected chi connectivity index (χ0v) is 14.0. The highest BCUT2D eigenvalue weighted by Crippen LogP contribution is 2.36. The molecule has 1 fully saturated rings. The van der Waals surface area contributed by atoms with Gasteiger partial charge in [0.1, 0.15) is 0 Å². The molecule has 1 rings (SSSR count). The molecule has 0 aromatic carbocycles. The summed E-state index contributed by atoms with van der Waals surface area (Å²) in [6.07, 6.45) is 11.1. The molecule has 0 amide bonds. The normalized spacial score (nSPS) is 21.6. The van der Waals surface area contributed by atoms with Crippen LogP contribution >= 0.6 is 0 Å². The van der Waals surface area contributed by atoms with Crippen LogP contribution in [0.3, 0.4) is 0 Å². The second-order valence-corrected chi connectivity index (χ2v) is 6.99. The van der Waals surface area contributed by atoms with Crippen LogP contribution in [0.15, 0.2) is 0 Å². The van der Waals surface area contributed by atoms with Gasteiger partial charge in [-0.25, -0.2) is 0 Å². The van der Waals surface area contributed by atoms with E-state index in [9.17, 15) is 0 Å². The molecule has 1 aliphatic carbocycles. The number of nitrogens with zero attached hydrogens (tertiary/aromatic N) is 1. The van der Waals surface area contributed by atoms with Gasteiger partial charge in [-0.15, -0.1) is 0 Å². The smallest absolute Gasteiger partial charge is 0.0356 e. The van der Waals surface area contributed by atoms with Crippen molar-refractivity contribution in [2.75, 3.05) is 20.6 Å². The van der Waals surface area contributed by atoms with E-state index in [-0.39, 0.29) is 0 Å². The van der Waals surface area contributed by atoms with Gasteiger partial charge in [0.25, 0.3) is 0 Å². The number of nitrogens with one attached hydrogen (secondary N) is 1. The van der Waals surface area contributed by atoms with E-state index in [4.69, 9.17) is 0 Å². The van der Waals surface area contributed by atoms with Gasteiger partial charge >= 0.3 is 0 Å². The maximum atomic E-state index is 3.82. The molecule has 1 saturated carbocycles. The van der Waals surface area contributed by atoms with E-state index >= 15 is 0 Å². The monoisotopic (exact) mass is 268 g/mol. The summed E-state index contributed by atoms with van der Waals surface area (Å²) >= 11 is 0. The number of rotatable bonds is 7. The Balaban J connectivity index is 2.82. The van der Waals surface area contributed by atoms with Crippen molar-refractivity contribution in [1.82, 2.24) is 10.2 Å². The minimum atomic E-state index is 0.390. The first kappa shape index (κ1) is 17.0. The summed E-state index contributed by atoms with van der Waals surface area (Å²) in [6, 6.07) is 0.660. The van der Waals surface area contributed by atoms with Crippen LogP contribution in [0.4, 0.5) is 0 Å². The zero-order valence-electron chi connectivity index (χ0n) is 14.0. The van der Waals surface area contributed by atoms with Gasteiger partial charge < -0.3 is 10.2 Å². The van der Waals surface area contributed by atoms with Gasteiger partial charge in [-0.2, -0.15) is 0 Å². The van der Waals surface area contributed by atoms with Crippen molar-refractivity contribution in [3.05, 3.63) is 0 Å². The quantitative estimate of drug-likeness (QED) is 0.701. The maximum absolute atomic E-state index is 3.82. The van der Waals surface area contributed by atoms with Gasteiger partial charge in [0.05, 0.1) is 0 Å². The molecule has 1 N–H and O–H groups in total. The molecule has 0 bridgehead atoms. The Morgan fingerprint density at radius 3 is 2.00 bits per heavy atom. The Morgan fingerprint density at radius 2 is 1.58 bits per heavy atom. The summed E-state index contributed by atoms with van der Waals surface area (Å²) in [7, 11) is 4.59. The molecular weight excluding hydrogens is 232 g/mol. The fraction of sp³-hybridized carbons (Fsp3) is 1.00. The van der Waals surface area contributed by atoms with Crippen LogP contribution in [0, 0.1) is 5.92 Å². The predicted molar refractivity (Wildman–Crippen MR) is 85.7 cm³/mol. The van der Waals surface area contributed by atoms with E-state index < -0.39 is 0 Å².